The summed E-state index contributed by atoms with van der Waals surface area (Å²) in [6.07, 6.45) is -3.75. The predicted molar refractivity (Wildman–Crippen MR) is 138 cm³/mol. The molecule has 0 spiro atoms. The molecule has 2 aliphatic heterocycles. The smallest absolute Gasteiger partial charge is 0.416 e. The molecule has 38 heavy (non-hydrogen) atoms. The molecule has 3 aromatic carbocycles. The van der Waals surface area contributed by atoms with Gasteiger partial charge in [-0.2, -0.15) is 13.2 Å². The van der Waals surface area contributed by atoms with Gasteiger partial charge in [0.15, 0.2) is 0 Å². The van der Waals surface area contributed by atoms with Crippen LogP contribution in [0.3, 0.4) is 0 Å². The maximum Gasteiger partial charge on any atom is 0.416 e. The van der Waals surface area contributed by atoms with Crippen LogP contribution in [0, 0.1) is 11.7 Å². The van der Waals surface area contributed by atoms with E-state index in [9.17, 15) is 22.4 Å². The van der Waals surface area contributed by atoms with E-state index in [4.69, 9.17) is 4.74 Å². The number of carbonyl (C=O) groups is 1. The summed E-state index contributed by atoms with van der Waals surface area (Å²) in [7, 11) is 1.59. The molecule has 9 heteroatoms. The lowest BCUT2D eigenvalue weighted by Gasteiger charge is -2.49. The van der Waals surface area contributed by atoms with Crippen LogP contribution in [0.4, 0.5) is 28.9 Å². The minimum absolute atomic E-state index is 0.173. The number of hydrogen-bond donors (Lipinski definition) is 1. The molecule has 0 saturated carbocycles. The van der Waals surface area contributed by atoms with E-state index in [1.807, 2.05) is 34.1 Å². The summed E-state index contributed by atoms with van der Waals surface area (Å²) in [5, 5.41) is 2.99. The monoisotopic (exact) mass is 527 g/mol. The van der Waals surface area contributed by atoms with Crippen LogP contribution < -0.4 is 19.9 Å². The first-order chi connectivity index (χ1) is 18.3. The van der Waals surface area contributed by atoms with Gasteiger partial charge in [0.2, 0.25) is 5.91 Å². The average Bonchev–Trinajstić information content (AvgIpc) is 2.92. The highest BCUT2D eigenvalue weighted by molar-refractivity contribution is 5.82. The molecule has 2 atom stereocenters. The van der Waals surface area contributed by atoms with Crippen LogP contribution in [-0.4, -0.2) is 45.2 Å². The maximum atomic E-state index is 14.6. The molecule has 1 amide bonds. The molecule has 3 aromatic rings. The minimum atomic E-state index is -4.47. The number of nitrogens with zero attached hydrogens (tertiary/aromatic N) is 2. The van der Waals surface area contributed by atoms with Gasteiger partial charge in [-0.1, -0.05) is 30.3 Å². The maximum absolute atomic E-state index is 14.6. The van der Waals surface area contributed by atoms with E-state index in [-0.39, 0.29) is 24.2 Å². The number of amides is 1. The number of benzene rings is 3. The Morgan fingerprint density at radius 1 is 1.03 bits per heavy atom. The molecule has 5 rings (SSSR count). The summed E-state index contributed by atoms with van der Waals surface area (Å²) in [6, 6.07) is 17.5. The first-order valence-corrected chi connectivity index (χ1v) is 12.6. The number of rotatable bonds is 6. The van der Waals surface area contributed by atoms with Crippen molar-refractivity contribution in [3.05, 3.63) is 89.2 Å². The quantitative estimate of drug-likeness (QED) is 0.455. The van der Waals surface area contributed by atoms with E-state index in [0.29, 0.717) is 49.5 Å². The highest BCUT2D eigenvalue weighted by atomic mass is 19.4. The Hall–Kier alpha value is -3.75. The van der Waals surface area contributed by atoms with Crippen LogP contribution in [0.1, 0.15) is 16.7 Å². The van der Waals surface area contributed by atoms with Gasteiger partial charge in [0, 0.05) is 31.9 Å². The lowest BCUT2D eigenvalue weighted by Crippen LogP contribution is -2.61. The van der Waals surface area contributed by atoms with Crippen molar-refractivity contribution in [2.75, 3.05) is 43.1 Å². The number of fused-ring (bicyclic) bond motifs is 3. The summed E-state index contributed by atoms with van der Waals surface area (Å²) in [5.41, 5.74) is 1.88. The van der Waals surface area contributed by atoms with Gasteiger partial charge in [-0.25, -0.2) is 4.39 Å². The number of nitrogens with one attached hydrogen (secondary N) is 1. The number of alkyl halides is 3. The average molecular weight is 528 g/mol. The summed E-state index contributed by atoms with van der Waals surface area (Å²) in [6.45, 7) is 1.68. The largest absolute Gasteiger partial charge is 0.496 e. The highest BCUT2D eigenvalue weighted by Gasteiger charge is 2.43. The van der Waals surface area contributed by atoms with Crippen molar-refractivity contribution in [1.29, 1.82) is 0 Å². The molecule has 1 fully saturated rings. The first-order valence-electron chi connectivity index (χ1n) is 12.6. The van der Waals surface area contributed by atoms with Gasteiger partial charge in [-0.3, -0.25) is 4.79 Å². The molecule has 2 unspecified atom stereocenters. The number of ether oxygens (including phenoxy) is 1. The molecule has 2 heterocycles. The number of halogens is 4. The van der Waals surface area contributed by atoms with Gasteiger partial charge in [0.05, 0.1) is 30.3 Å². The zero-order valence-corrected chi connectivity index (χ0v) is 21.0. The van der Waals surface area contributed by atoms with E-state index >= 15 is 0 Å². The molecule has 0 radical (unpaired) electrons. The Kier molecular flexibility index (Phi) is 7.19. The fraction of sp³-hybridized carbons (Fsp3) is 0.345. The van der Waals surface area contributed by atoms with Crippen molar-refractivity contribution >= 4 is 17.3 Å². The number of para-hydroxylation sites is 2. The Bertz CT molecular complexity index is 1310. The Balaban J connectivity index is 1.40. The second kappa shape index (κ2) is 10.6. The van der Waals surface area contributed by atoms with Crippen LogP contribution in [0.25, 0.3) is 0 Å². The summed E-state index contributed by atoms with van der Waals surface area (Å²) in [5.74, 6) is -0.441. The molecular weight excluding hydrogens is 498 g/mol. The van der Waals surface area contributed by atoms with E-state index in [2.05, 4.69) is 5.32 Å². The number of methoxy groups -OCH3 is 1. The fourth-order valence-corrected chi connectivity index (χ4v) is 5.59. The van der Waals surface area contributed by atoms with E-state index in [1.165, 1.54) is 12.1 Å². The second-order valence-corrected chi connectivity index (χ2v) is 9.66. The third kappa shape index (κ3) is 5.14. The van der Waals surface area contributed by atoms with Crippen molar-refractivity contribution < 1.29 is 27.1 Å². The molecular formula is C29H29F4N3O2. The minimum Gasteiger partial charge on any atom is -0.496 e. The number of carbonyl (C=O) groups excluding carboxylic acids is 1. The SMILES string of the molecule is COc1ccccc1CCNC(=O)C1Cc2cc(C(F)(F)F)ccc2N2CCN(c3ccccc3F)CC12. The molecule has 200 valence electrons. The normalized spacial score (nSPS) is 19.0. The number of piperazine rings is 1. The fourth-order valence-electron chi connectivity index (χ4n) is 5.59. The molecule has 1 saturated heterocycles. The zero-order valence-electron chi connectivity index (χ0n) is 21.0. The predicted octanol–water partition coefficient (Wildman–Crippen LogP) is 5.08. The van der Waals surface area contributed by atoms with Gasteiger partial charge < -0.3 is 19.9 Å². The highest BCUT2D eigenvalue weighted by Crippen LogP contribution is 2.40. The third-order valence-electron chi connectivity index (χ3n) is 7.46. The summed E-state index contributed by atoms with van der Waals surface area (Å²) in [4.78, 5) is 17.4. The number of anilines is 2. The lowest BCUT2D eigenvalue weighted by atomic mass is 9.82. The van der Waals surface area contributed by atoms with Crippen molar-refractivity contribution in [2.24, 2.45) is 5.92 Å². The lowest BCUT2D eigenvalue weighted by molar-refractivity contribution is -0.137. The molecule has 5 nitrogen and oxygen atoms in total. The Labute approximate surface area is 219 Å². The van der Waals surface area contributed by atoms with Gasteiger partial charge in [0.1, 0.15) is 11.6 Å². The van der Waals surface area contributed by atoms with Crippen molar-refractivity contribution in [2.45, 2.75) is 25.1 Å². The summed E-state index contributed by atoms with van der Waals surface area (Å²) >= 11 is 0. The van der Waals surface area contributed by atoms with Crippen molar-refractivity contribution in [3.63, 3.8) is 0 Å². The Morgan fingerprint density at radius 2 is 1.79 bits per heavy atom. The molecule has 0 bridgehead atoms. The van der Waals surface area contributed by atoms with Crippen molar-refractivity contribution in [1.82, 2.24) is 5.32 Å². The van der Waals surface area contributed by atoms with Crippen LogP contribution in [-0.2, 0) is 23.8 Å². The standard InChI is InChI=1S/C29H29F4N3O2/c1-38-27-9-5-2-6-19(27)12-13-34-28(37)22-17-20-16-21(29(31,32)33)10-11-24(20)36-15-14-35(18-26(22)36)25-8-4-3-7-23(25)30/h2-11,16,22,26H,12-15,17-18H2,1H3,(H,34,37). The third-order valence-corrected chi connectivity index (χ3v) is 7.46. The van der Waals surface area contributed by atoms with E-state index in [0.717, 1.165) is 23.4 Å². The van der Waals surface area contributed by atoms with Crippen LogP contribution in [0.15, 0.2) is 66.7 Å². The van der Waals surface area contributed by atoms with Gasteiger partial charge >= 0.3 is 6.18 Å². The Morgan fingerprint density at radius 3 is 2.55 bits per heavy atom. The summed E-state index contributed by atoms with van der Waals surface area (Å²) < 4.78 is 60.4. The van der Waals surface area contributed by atoms with E-state index in [1.54, 1.807) is 25.3 Å². The van der Waals surface area contributed by atoms with Gasteiger partial charge in [0.25, 0.3) is 0 Å². The second-order valence-electron chi connectivity index (χ2n) is 9.66. The topological polar surface area (TPSA) is 44.8 Å². The van der Waals surface area contributed by atoms with Crippen molar-refractivity contribution in [3.8, 4) is 5.75 Å². The van der Waals surface area contributed by atoms with E-state index < -0.39 is 17.7 Å². The molecule has 0 aliphatic carbocycles. The van der Waals surface area contributed by atoms with Crippen LogP contribution >= 0.6 is 0 Å². The van der Waals surface area contributed by atoms with Crippen LogP contribution in [0.5, 0.6) is 5.75 Å². The van der Waals surface area contributed by atoms with Gasteiger partial charge in [-0.15, -0.1) is 0 Å². The first kappa shape index (κ1) is 25.9. The van der Waals surface area contributed by atoms with Gasteiger partial charge in [-0.05, 0) is 60.4 Å². The zero-order chi connectivity index (χ0) is 26.9. The molecule has 1 N–H and O–H groups in total. The number of hydrogen-bond acceptors (Lipinski definition) is 4. The molecule has 2 aliphatic rings. The van der Waals surface area contributed by atoms with Crippen LogP contribution in [0.2, 0.25) is 0 Å². The molecule has 0 aromatic heterocycles.